The third kappa shape index (κ3) is 4.40. The third-order valence-electron chi connectivity index (χ3n) is 2.45. The lowest BCUT2D eigenvalue weighted by atomic mass is 10.1. The van der Waals surface area contributed by atoms with Crippen molar-refractivity contribution in [2.24, 2.45) is 0 Å². The van der Waals surface area contributed by atoms with Crippen LogP contribution in [0.2, 0.25) is 0 Å². The van der Waals surface area contributed by atoms with E-state index in [9.17, 15) is 4.79 Å². The molecule has 0 aliphatic carbocycles. The van der Waals surface area contributed by atoms with Gasteiger partial charge in [0.1, 0.15) is 0 Å². The van der Waals surface area contributed by atoms with Gasteiger partial charge in [-0.1, -0.05) is 18.2 Å². The van der Waals surface area contributed by atoms with Crippen molar-refractivity contribution >= 4 is 12.0 Å². The third-order valence-corrected chi connectivity index (χ3v) is 2.45. The number of rotatable bonds is 5. The van der Waals surface area contributed by atoms with Gasteiger partial charge in [0.25, 0.3) is 0 Å². The second-order valence-electron chi connectivity index (χ2n) is 3.95. The molecule has 0 bridgehead atoms. The van der Waals surface area contributed by atoms with Crippen LogP contribution < -0.4 is 5.32 Å². The van der Waals surface area contributed by atoms with Crippen LogP contribution in [0.4, 0.5) is 0 Å². The molecule has 1 aromatic rings. The van der Waals surface area contributed by atoms with Crippen molar-refractivity contribution in [3.05, 3.63) is 41.5 Å². The SMILES string of the molecule is C[C@H](CCO)NC(=O)/C=C/c1ccccc1C#N. The summed E-state index contributed by atoms with van der Waals surface area (Å²) in [6, 6.07) is 9.06. The minimum absolute atomic E-state index is 0.0441. The molecule has 0 unspecified atom stereocenters. The van der Waals surface area contributed by atoms with Crippen LogP contribution in [0.5, 0.6) is 0 Å². The van der Waals surface area contributed by atoms with Crippen molar-refractivity contribution in [2.45, 2.75) is 19.4 Å². The number of carbonyl (C=O) groups is 1. The first-order valence-electron chi connectivity index (χ1n) is 5.76. The van der Waals surface area contributed by atoms with E-state index in [2.05, 4.69) is 11.4 Å². The molecule has 0 aromatic heterocycles. The van der Waals surface area contributed by atoms with E-state index in [-0.39, 0.29) is 18.6 Å². The number of nitrogens with one attached hydrogen (secondary N) is 1. The van der Waals surface area contributed by atoms with Crippen molar-refractivity contribution in [3.63, 3.8) is 0 Å². The van der Waals surface area contributed by atoms with Gasteiger partial charge in [-0.2, -0.15) is 5.26 Å². The average molecular weight is 244 g/mol. The van der Waals surface area contributed by atoms with Gasteiger partial charge in [0.15, 0.2) is 0 Å². The zero-order chi connectivity index (χ0) is 13.4. The van der Waals surface area contributed by atoms with Crippen molar-refractivity contribution in [1.29, 1.82) is 5.26 Å². The summed E-state index contributed by atoms with van der Waals surface area (Å²) in [7, 11) is 0. The van der Waals surface area contributed by atoms with Crippen LogP contribution >= 0.6 is 0 Å². The maximum Gasteiger partial charge on any atom is 0.244 e. The van der Waals surface area contributed by atoms with E-state index < -0.39 is 0 Å². The highest BCUT2D eigenvalue weighted by molar-refractivity contribution is 5.92. The highest BCUT2D eigenvalue weighted by atomic mass is 16.3. The molecule has 0 heterocycles. The van der Waals surface area contributed by atoms with Crippen LogP contribution in [0.3, 0.4) is 0 Å². The Balaban J connectivity index is 2.64. The molecule has 18 heavy (non-hydrogen) atoms. The summed E-state index contributed by atoms with van der Waals surface area (Å²) < 4.78 is 0. The van der Waals surface area contributed by atoms with Crippen LogP contribution in [-0.2, 0) is 4.79 Å². The first kappa shape index (κ1) is 13.9. The fourth-order valence-electron chi connectivity index (χ4n) is 1.47. The average Bonchev–Trinajstić information content (AvgIpc) is 2.37. The number of nitrogens with zero attached hydrogens (tertiary/aromatic N) is 1. The summed E-state index contributed by atoms with van der Waals surface area (Å²) >= 11 is 0. The molecular formula is C14H16N2O2. The highest BCUT2D eigenvalue weighted by Gasteiger charge is 2.03. The minimum atomic E-state index is -0.233. The number of nitriles is 1. The molecule has 94 valence electrons. The molecule has 0 aliphatic heterocycles. The van der Waals surface area contributed by atoms with Crippen LogP contribution in [0.25, 0.3) is 6.08 Å². The predicted octanol–water partition coefficient (Wildman–Crippen LogP) is 1.46. The van der Waals surface area contributed by atoms with Gasteiger partial charge in [-0.3, -0.25) is 4.79 Å². The van der Waals surface area contributed by atoms with E-state index in [1.165, 1.54) is 6.08 Å². The van der Waals surface area contributed by atoms with Gasteiger partial charge in [-0.25, -0.2) is 0 Å². The van der Waals surface area contributed by atoms with E-state index in [0.29, 0.717) is 17.5 Å². The molecular weight excluding hydrogens is 228 g/mol. The van der Waals surface area contributed by atoms with Crippen molar-refractivity contribution in [3.8, 4) is 6.07 Å². The Labute approximate surface area is 107 Å². The van der Waals surface area contributed by atoms with Crippen LogP contribution in [0.15, 0.2) is 30.3 Å². The number of aliphatic hydroxyl groups excluding tert-OH is 1. The summed E-state index contributed by atoms with van der Waals surface area (Å²) in [5.41, 5.74) is 1.25. The molecule has 0 saturated heterocycles. The molecule has 0 fully saturated rings. The van der Waals surface area contributed by atoms with Gasteiger partial charge in [-0.05, 0) is 31.1 Å². The fraction of sp³-hybridized carbons (Fsp3) is 0.286. The number of carbonyl (C=O) groups excluding carboxylic acids is 1. The normalized spacial score (nSPS) is 12.1. The topological polar surface area (TPSA) is 73.1 Å². The molecule has 1 rings (SSSR count). The fourth-order valence-corrected chi connectivity index (χ4v) is 1.47. The molecule has 1 aromatic carbocycles. The number of amides is 1. The summed E-state index contributed by atoms with van der Waals surface area (Å²) in [5, 5.41) is 20.3. The van der Waals surface area contributed by atoms with Crippen LogP contribution in [0, 0.1) is 11.3 Å². The van der Waals surface area contributed by atoms with E-state index in [1.807, 2.05) is 13.0 Å². The predicted molar refractivity (Wildman–Crippen MR) is 69.5 cm³/mol. The molecule has 0 aliphatic rings. The summed E-state index contributed by atoms with van der Waals surface area (Å²) in [6.07, 6.45) is 3.53. The molecule has 1 atom stereocenters. The molecule has 0 radical (unpaired) electrons. The Morgan fingerprint density at radius 2 is 2.28 bits per heavy atom. The Kier molecular flexibility index (Phi) is 5.62. The second kappa shape index (κ2) is 7.25. The summed E-state index contributed by atoms with van der Waals surface area (Å²) in [6.45, 7) is 1.87. The van der Waals surface area contributed by atoms with E-state index >= 15 is 0 Å². The van der Waals surface area contributed by atoms with Gasteiger partial charge in [0.05, 0.1) is 11.6 Å². The molecule has 2 N–H and O–H groups in total. The Morgan fingerprint density at radius 3 is 2.94 bits per heavy atom. The summed E-state index contributed by atoms with van der Waals surface area (Å²) in [4.78, 5) is 11.5. The van der Waals surface area contributed by atoms with Crippen molar-refractivity contribution in [2.75, 3.05) is 6.61 Å². The zero-order valence-electron chi connectivity index (χ0n) is 10.3. The van der Waals surface area contributed by atoms with E-state index in [1.54, 1.807) is 24.3 Å². The smallest absolute Gasteiger partial charge is 0.244 e. The largest absolute Gasteiger partial charge is 0.396 e. The van der Waals surface area contributed by atoms with Gasteiger partial charge >= 0.3 is 0 Å². The maximum atomic E-state index is 11.5. The van der Waals surface area contributed by atoms with Gasteiger partial charge in [-0.15, -0.1) is 0 Å². The number of hydrogen-bond donors (Lipinski definition) is 2. The van der Waals surface area contributed by atoms with Gasteiger partial charge in [0, 0.05) is 18.7 Å². The standard InChI is InChI=1S/C14H16N2O2/c1-11(8-9-17)16-14(18)7-6-12-4-2-3-5-13(12)10-15/h2-7,11,17H,8-9H2,1H3,(H,16,18)/b7-6+/t11-/m1/s1. The highest BCUT2D eigenvalue weighted by Crippen LogP contribution is 2.08. The molecule has 1 amide bonds. The van der Waals surface area contributed by atoms with Gasteiger partial charge < -0.3 is 10.4 Å². The quantitative estimate of drug-likeness (QED) is 0.770. The lowest BCUT2D eigenvalue weighted by Gasteiger charge is -2.09. The van der Waals surface area contributed by atoms with E-state index in [4.69, 9.17) is 10.4 Å². The first-order chi connectivity index (χ1) is 8.67. The number of benzene rings is 1. The molecule has 0 spiro atoms. The zero-order valence-corrected chi connectivity index (χ0v) is 10.3. The molecule has 4 nitrogen and oxygen atoms in total. The Morgan fingerprint density at radius 1 is 1.56 bits per heavy atom. The second-order valence-corrected chi connectivity index (χ2v) is 3.95. The number of hydrogen-bond acceptors (Lipinski definition) is 3. The molecule has 0 saturated carbocycles. The molecule has 4 heteroatoms. The maximum absolute atomic E-state index is 11.5. The van der Waals surface area contributed by atoms with Crippen LogP contribution in [0.1, 0.15) is 24.5 Å². The lowest BCUT2D eigenvalue weighted by Crippen LogP contribution is -2.31. The Hall–Kier alpha value is -2.12. The Bertz CT molecular complexity index is 475. The van der Waals surface area contributed by atoms with E-state index in [0.717, 1.165) is 0 Å². The van der Waals surface area contributed by atoms with Crippen molar-refractivity contribution < 1.29 is 9.90 Å². The first-order valence-corrected chi connectivity index (χ1v) is 5.76. The monoisotopic (exact) mass is 244 g/mol. The lowest BCUT2D eigenvalue weighted by molar-refractivity contribution is -0.117. The summed E-state index contributed by atoms with van der Waals surface area (Å²) in [5.74, 6) is -0.233. The van der Waals surface area contributed by atoms with Crippen molar-refractivity contribution in [1.82, 2.24) is 5.32 Å². The number of aliphatic hydroxyl groups is 1. The van der Waals surface area contributed by atoms with Crippen LogP contribution in [-0.4, -0.2) is 23.7 Å². The van der Waals surface area contributed by atoms with Gasteiger partial charge in [0.2, 0.25) is 5.91 Å². The minimum Gasteiger partial charge on any atom is -0.396 e.